The first-order chi connectivity index (χ1) is 13.8. The summed E-state index contributed by atoms with van der Waals surface area (Å²) in [4.78, 5) is 0. The molecule has 0 amide bonds. The SMILES string of the molecule is CCNC(CC1=CC(F)=CC(F)C1)C(O)CNCc1cc(CC(C)C)ccc1C. The number of alkyl halides is 1. The first-order valence-electron chi connectivity index (χ1n) is 10.7. The van der Waals surface area contributed by atoms with E-state index in [4.69, 9.17) is 0 Å². The van der Waals surface area contributed by atoms with Gasteiger partial charge in [-0.2, -0.15) is 0 Å². The minimum Gasteiger partial charge on any atom is -0.390 e. The summed E-state index contributed by atoms with van der Waals surface area (Å²) in [6.07, 6.45) is 2.13. The average molecular weight is 407 g/mol. The molecule has 1 aromatic carbocycles. The van der Waals surface area contributed by atoms with Crippen molar-refractivity contribution in [2.24, 2.45) is 5.92 Å². The third kappa shape index (κ3) is 8.00. The molecule has 5 heteroatoms. The molecular weight excluding hydrogens is 370 g/mol. The van der Waals surface area contributed by atoms with E-state index in [-0.39, 0.29) is 12.5 Å². The highest BCUT2D eigenvalue weighted by Crippen LogP contribution is 2.25. The summed E-state index contributed by atoms with van der Waals surface area (Å²) in [6, 6.07) is 6.32. The van der Waals surface area contributed by atoms with E-state index >= 15 is 0 Å². The van der Waals surface area contributed by atoms with E-state index in [1.54, 1.807) is 0 Å². The summed E-state index contributed by atoms with van der Waals surface area (Å²) in [7, 11) is 0. The molecule has 0 heterocycles. The smallest absolute Gasteiger partial charge is 0.125 e. The number of aliphatic hydroxyl groups is 1. The molecule has 3 N–H and O–H groups in total. The van der Waals surface area contributed by atoms with Gasteiger partial charge < -0.3 is 15.7 Å². The van der Waals surface area contributed by atoms with Crippen LogP contribution in [-0.2, 0) is 13.0 Å². The molecule has 162 valence electrons. The van der Waals surface area contributed by atoms with Crippen molar-refractivity contribution in [1.29, 1.82) is 0 Å². The second-order valence-electron chi connectivity index (χ2n) is 8.50. The van der Waals surface area contributed by atoms with Crippen LogP contribution in [0.2, 0.25) is 0 Å². The Morgan fingerprint density at radius 1 is 1.24 bits per heavy atom. The zero-order valence-electron chi connectivity index (χ0n) is 18.1. The van der Waals surface area contributed by atoms with Crippen molar-refractivity contribution in [3.05, 3.63) is 58.4 Å². The molecule has 3 atom stereocenters. The molecular formula is C24H36F2N2O. The predicted octanol–water partition coefficient (Wildman–Crippen LogP) is 4.53. The van der Waals surface area contributed by atoms with Gasteiger partial charge in [-0.15, -0.1) is 0 Å². The molecule has 0 fully saturated rings. The molecule has 0 saturated carbocycles. The molecule has 29 heavy (non-hydrogen) atoms. The molecule has 0 saturated heterocycles. The van der Waals surface area contributed by atoms with E-state index in [1.807, 2.05) is 6.92 Å². The lowest BCUT2D eigenvalue weighted by atomic mass is 9.94. The topological polar surface area (TPSA) is 44.3 Å². The van der Waals surface area contributed by atoms with Gasteiger partial charge in [0.25, 0.3) is 0 Å². The number of hydrogen-bond donors (Lipinski definition) is 3. The second kappa shape index (κ2) is 11.6. The van der Waals surface area contributed by atoms with Gasteiger partial charge in [-0.05, 0) is 61.1 Å². The third-order valence-corrected chi connectivity index (χ3v) is 5.28. The highest BCUT2D eigenvalue weighted by molar-refractivity contribution is 5.31. The van der Waals surface area contributed by atoms with Crippen LogP contribution in [0, 0.1) is 12.8 Å². The van der Waals surface area contributed by atoms with Crippen molar-refractivity contribution in [3.8, 4) is 0 Å². The maximum absolute atomic E-state index is 13.6. The summed E-state index contributed by atoms with van der Waals surface area (Å²) in [5, 5.41) is 17.3. The van der Waals surface area contributed by atoms with Crippen LogP contribution in [0.5, 0.6) is 0 Å². The molecule has 2 rings (SSSR count). The molecule has 1 aromatic rings. The molecule has 1 aliphatic rings. The van der Waals surface area contributed by atoms with Crippen LogP contribution in [0.1, 0.15) is 50.3 Å². The number of likely N-dealkylation sites (N-methyl/N-ethyl adjacent to an activating group) is 1. The predicted molar refractivity (Wildman–Crippen MR) is 116 cm³/mol. The Kier molecular flexibility index (Phi) is 9.47. The first kappa shape index (κ1) is 23.7. The lowest BCUT2D eigenvalue weighted by Gasteiger charge is -2.26. The van der Waals surface area contributed by atoms with E-state index in [9.17, 15) is 13.9 Å². The van der Waals surface area contributed by atoms with Crippen molar-refractivity contribution in [3.63, 3.8) is 0 Å². The summed E-state index contributed by atoms with van der Waals surface area (Å²) in [6.45, 7) is 10.3. The number of benzene rings is 1. The normalized spacial score (nSPS) is 19.1. The van der Waals surface area contributed by atoms with Crippen molar-refractivity contribution in [2.75, 3.05) is 13.1 Å². The van der Waals surface area contributed by atoms with Gasteiger partial charge in [-0.3, -0.25) is 0 Å². The largest absolute Gasteiger partial charge is 0.390 e. The van der Waals surface area contributed by atoms with Crippen molar-refractivity contribution in [1.82, 2.24) is 10.6 Å². The summed E-state index contributed by atoms with van der Waals surface area (Å²) in [5.41, 5.74) is 4.48. The number of aryl methyl sites for hydroxylation is 1. The second-order valence-corrected chi connectivity index (χ2v) is 8.50. The Hall–Kier alpha value is -1.56. The van der Waals surface area contributed by atoms with Crippen molar-refractivity contribution >= 4 is 0 Å². The molecule has 3 nitrogen and oxygen atoms in total. The molecule has 0 bridgehead atoms. The lowest BCUT2D eigenvalue weighted by molar-refractivity contribution is 0.124. The fraction of sp³-hybridized carbons (Fsp3) is 0.583. The third-order valence-electron chi connectivity index (χ3n) is 5.28. The summed E-state index contributed by atoms with van der Waals surface area (Å²) >= 11 is 0. The lowest BCUT2D eigenvalue weighted by Crippen LogP contribution is -2.45. The monoisotopic (exact) mass is 406 g/mol. The average Bonchev–Trinajstić information content (AvgIpc) is 2.62. The Balaban J connectivity index is 1.92. The van der Waals surface area contributed by atoms with Crippen LogP contribution in [0.4, 0.5) is 8.78 Å². The highest BCUT2D eigenvalue weighted by Gasteiger charge is 2.23. The Morgan fingerprint density at radius 2 is 2.00 bits per heavy atom. The minimum atomic E-state index is -1.28. The van der Waals surface area contributed by atoms with Crippen LogP contribution >= 0.6 is 0 Å². The van der Waals surface area contributed by atoms with E-state index in [2.05, 4.69) is 49.6 Å². The zero-order chi connectivity index (χ0) is 21.4. The van der Waals surface area contributed by atoms with E-state index < -0.39 is 18.1 Å². The number of aliphatic hydroxyl groups excluding tert-OH is 1. The maximum atomic E-state index is 13.6. The van der Waals surface area contributed by atoms with Gasteiger partial charge in [-0.1, -0.05) is 44.5 Å². The number of hydrogen-bond acceptors (Lipinski definition) is 3. The van der Waals surface area contributed by atoms with E-state index in [0.717, 1.165) is 12.5 Å². The fourth-order valence-corrected chi connectivity index (χ4v) is 3.83. The molecule has 0 aromatic heterocycles. The van der Waals surface area contributed by atoms with Gasteiger partial charge in [-0.25, -0.2) is 8.78 Å². The van der Waals surface area contributed by atoms with Crippen molar-refractivity contribution < 1.29 is 13.9 Å². The van der Waals surface area contributed by atoms with Crippen molar-refractivity contribution in [2.45, 2.75) is 71.8 Å². The fourth-order valence-electron chi connectivity index (χ4n) is 3.83. The van der Waals surface area contributed by atoms with Gasteiger partial charge >= 0.3 is 0 Å². The Bertz CT molecular complexity index is 715. The molecule has 1 aliphatic carbocycles. The first-order valence-corrected chi connectivity index (χ1v) is 10.7. The van der Waals surface area contributed by atoms with Gasteiger partial charge in [0.15, 0.2) is 0 Å². The quantitative estimate of drug-likeness (QED) is 0.506. The zero-order valence-corrected chi connectivity index (χ0v) is 18.1. The summed E-state index contributed by atoms with van der Waals surface area (Å²) < 4.78 is 27.1. The Labute approximate surface area is 174 Å². The van der Waals surface area contributed by atoms with Crippen LogP contribution < -0.4 is 10.6 Å². The molecule has 0 spiro atoms. The molecule has 0 aliphatic heterocycles. The molecule has 3 unspecified atom stereocenters. The van der Waals surface area contributed by atoms with Crippen LogP contribution in [0.3, 0.4) is 0 Å². The van der Waals surface area contributed by atoms with Crippen LogP contribution in [0.15, 0.2) is 41.8 Å². The van der Waals surface area contributed by atoms with E-state index in [1.165, 1.54) is 22.8 Å². The Morgan fingerprint density at radius 3 is 2.66 bits per heavy atom. The molecule has 0 radical (unpaired) electrons. The van der Waals surface area contributed by atoms with Gasteiger partial charge in [0.2, 0.25) is 0 Å². The minimum absolute atomic E-state index is 0.192. The number of allylic oxidation sites excluding steroid dienone is 3. The highest BCUT2D eigenvalue weighted by atomic mass is 19.1. The standard InChI is InChI=1S/C24H36F2N2O/c1-5-28-23(12-19-10-21(25)13-22(26)11-19)24(29)15-27-14-20-9-18(8-16(2)3)7-6-17(20)4/h6-7,9-10,13,16,22-24,27-29H,5,8,11-12,14-15H2,1-4H3. The maximum Gasteiger partial charge on any atom is 0.125 e. The van der Waals surface area contributed by atoms with Crippen LogP contribution in [0.25, 0.3) is 0 Å². The number of halogens is 2. The number of rotatable bonds is 11. The number of nitrogens with one attached hydrogen (secondary N) is 2. The van der Waals surface area contributed by atoms with E-state index in [0.29, 0.717) is 37.5 Å². The van der Waals surface area contributed by atoms with Crippen LogP contribution in [-0.4, -0.2) is 36.5 Å². The van der Waals surface area contributed by atoms with Gasteiger partial charge in [0.1, 0.15) is 12.0 Å². The van der Waals surface area contributed by atoms with Gasteiger partial charge in [0.05, 0.1) is 6.10 Å². The van der Waals surface area contributed by atoms with Gasteiger partial charge in [0, 0.05) is 25.6 Å². The summed E-state index contributed by atoms with van der Waals surface area (Å²) in [5.74, 6) is 0.0808.